The van der Waals surface area contributed by atoms with Gasteiger partial charge in [0.05, 0.1) is 6.54 Å². The fourth-order valence-corrected chi connectivity index (χ4v) is 2.59. The Morgan fingerprint density at radius 2 is 2.09 bits per heavy atom. The van der Waals surface area contributed by atoms with Gasteiger partial charge in [-0.25, -0.2) is 0 Å². The van der Waals surface area contributed by atoms with Gasteiger partial charge < -0.3 is 20.1 Å². The van der Waals surface area contributed by atoms with Crippen LogP contribution in [0, 0.1) is 0 Å². The molecular formula is C16H21ClN2O4. The van der Waals surface area contributed by atoms with Crippen molar-refractivity contribution >= 4 is 23.4 Å². The zero-order valence-corrected chi connectivity index (χ0v) is 13.8. The number of nitrogens with zero attached hydrogens (tertiary/aromatic N) is 1. The topological polar surface area (TPSA) is 78.9 Å². The lowest BCUT2D eigenvalue weighted by atomic mass is 10.0. The summed E-state index contributed by atoms with van der Waals surface area (Å²) in [6.45, 7) is 2.48. The van der Waals surface area contributed by atoms with Gasteiger partial charge in [-0.1, -0.05) is 11.6 Å². The molecule has 1 aliphatic rings. The van der Waals surface area contributed by atoms with Crippen molar-refractivity contribution in [1.29, 1.82) is 0 Å². The molecule has 0 saturated carbocycles. The van der Waals surface area contributed by atoms with Gasteiger partial charge in [0.25, 0.3) is 0 Å². The number of nitrogens with one attached hydrogen (secondary N) is 1. The molecule has 2 N–H and O–H groups in total. The van der Waals surface area contributed by atoms with Gasteiger partial charge in [0.1, 0.15) is 18.0 Å². The number of aliphatic hydroxyl groups excluding tert-OH is 1. The van der Waals surface area contributed by atoms with Crippen LogP contribution in [0.2, 0.25) is 5.02 Å². The molecular weight excluding hydrogens is 320 g/mol. The summed E-state index contributed by atoms with van der Waals surface area (Å²) in [4.78, 5) is 24.4. The molecule has 0 radical (unpaired) electrons. The monoisotopic (exact) mass is 340 g/mol. The van der Waals surface area contributed by atoms with Crippen LogP contribution in [0.1, 0.15) is 19.8 Å². The minimum absolute atomic E-state index is 0.0808. The molecule has 0 unspecified atom stereocenters. The number of likely N-dealkylation sites (tertiary alicyclic amines) is 1. The summed E-state index contributed by atoms with van der Waals surface area (Å²) < 4.78 is 5.76. The highest BCUT2D eigenvalue weighted by molar-refractivity contribution is 6.30. The van der Waals surface area contributed by atoms with Gasteiger partial charge in [-0.15, -0.1) is 0 Å². The van der Waals surface area contributed by atoms with Crippen molar-refractivity contribution < 1.29 is 19.4 Å². The van der Waals surface area contributed by atoms with Crippen LogP contribution in [0.4, 0.5) is 0 Å². The number of benzene rings is 1. The van der Waals surface area contributed by atoms with Crippen molar-refractivity contribution in [2.75, 3.05) is 19.6 Å². The summed E-state index contributed by atoms with van der Waals surface area (Å²) in [7, 11) is 0. The van der Waals surface area contributed by atoms with Gasteiger partial charge in [-0.3, -0.25) is 9.59 Å². The summed E-state index contributed by atoms with van der Waals surface area (Å²) in [5.74, 6) is 0.402. The molecule has 2 atom stereocenters. The van der Waals surface area contributed by atoms with Crippen molar-refractivity contribution in [1.82, 2.24) is 10.2 Å². The fourth-order valence-electron chi connectivity index (χ4n) is 2.47. The highest BCUT2D eigenvalue weighted by Gasteiger charge is 2.31. The number of amides is 2. The molecule has 1 aliphatic heterocycles. The van der Waals surface area contributed by atoms with E-state index in [1.807, 2.05) is 0 Å². The largest absolute Gasteiger partial charge is 0.488 e. The normalized spacial score (nSPS) is 20.9. The second kappa shape index (κ2) is 8.17. The molecule has 7 heteroatoms. The van der Waals surface area contributed by atoms with Crippen LogP contribution in [0.3, 0.4) is 0 Å². The maximum atomic E-state index is 12.0. The molecule has 0 aliphatic carbocycles. The van der Waals surface area contributed by atoms with E-state index in [-0.39, 0.29) is 30.9 Å². The number of ether oxygens (including phenoxy) is 1. The number of piperidine rings is 1. The first-order chi connectivity index (χ1) is 11.0. The summed E-state index contributed by atoms with van der Waals surface area (Å²) in [6.07, 6.45) is -0.315. The van der Waals surface area contributed by atoms with E-state index in [4.69, 9.17) is 16.3 Å². The number of aliphatic hydroxyl groups is 1. The van der Waals surface area contributed by atoms with Gasteiger partial charge in [0.15, 0.2) is 0 Å². The second-order valence-electron chi connectivity index (χ2n) is 5.54. The van der Waals surface area contributed by atoms with E-state index in [1.54, 1.807) is 29.2 Å². The Hall–Kier alpha value is -1.79. The van der Waals surface area contributed by atoms with E-state index in [9.17, 15) is 14.7 Å². The van der Waals surface area contributed by atoms with Crippen LogP contribution in [0.5, 0.6) is 5.75 Å². The molecule has 1 heterocycles. The first-order valence-electron chi connectivity index (χ1n) is 7.58. The molecule has 6 nitrogen and oxygen atoms in total. The van der Waals surface area contributed by atoms with Crippen molar-refractivity contribution in [3.63, 3.8) is 0 Å². The van der Waals surface area contributed by atoms with Crippen LogP contribution in [-0.2, 0) is 9.59 Å². The Morgan fingerprint density at radius 3 is 2.70 bits per heavy atom. The highest BCUT2D eigenvalue weighted by atomic mass is 35.5. The average molecular weight is 341 g/mol. The third kappa shape index (κ3) is 5.41. The molecule has 1 fully saturated rings. The summed E-state index contributed by atoms with van der Waals surface area (Å²) in [5, 5.41) is 13.4. The molecule has 1 saturated heterocycles. The molecule has 1 aromatic rings. The smallest absolute Gasteiger partial charge is 0.224 e. The molecule has 0 spiro atoms. The Morgan fingerprint density at radius 1 is 1.39 bits per heavy atom. The Bertz CT molecular complexity index is 550. The van der Waals surface area contributed by atoms with Crippen LogP contribution >= 0.6 is 11.6 Å². The summed E-state index contributed by atoms with van der Waals surface area (Å²) in [5.41, 5.74) is 0. The van der Waals surface area contributed by atoms with Crippen molar-refractivity contribution in [3.8, 4) is 5.75 Å². The molecule has 23 heavy (non-hydrogen) atoms. The third-order valence-corrected chi connectivity index (χ3v) is 3.94. The number of hydrogen-bond donors (Lipinski definition) is 2. The van der Waals surface area contributed by atoms with Gasteiger partial charge in [0.2, 0.25) is 11.8 Å². The molecule has 1 aromatic carbocycles. The molecule has 0 aromatic heterocycles. The number of carbonyl (C=O) groups is 2. The van der Waals surface area contributed by atoms with Gasteiger partial charge in [-0.2, -0.15) is 0 Å². The first-order valence-corrected chi connectivity index (χ1v) is 7.96. The fraction of sp³-hybridized carbons (Fsp3) is 0.500. The van der Waals surface area contributed by atoms with Gasteiger partial charge in [-0.05, 0) is 24.3 Å². The lowest BCUT2D eigenvalue weighted by Crippen LogP contribution is -2.51. The Labute approximate surface area is 140 Å². The van der Waals surface area contributed by atoms with Crippen LogP contribution < -0.4 is 10.1 Å². The van der Waals surface area contributed by atoms with E-state index < -0.39 is 6.10 Å². The predicted molar refractivity (Wildman–Crippen MR) is 86.4 cm³/mol. The summed E-state index contributed by atoms with van der Waals surface area (Å²) in [6, 6.07) is 6.95. The van der Waals surface area contributed by atoms with Gasteiger partial charge >= 0.3 is 0 Å². The maximum absolute atomic E-state index is 12.0. The molecule has 0 bridgehead atoms. The number of hydrogen-bond acceptors (Lipinski definition) is 4. The number of β-amino-alcohol motifs (C(OH)–C–C–N with tert-alkyl or cyclic N) is 1. The van der Waals surface area contributed by atoms with E-state index >= 15 is 0 Å². The minimum atomic E-state index is -0.746. The third-order valence-electron chi connectivity index (χ3n) is 3.69. The quantitative estimate of drug-likeness (QED) is 0.844. The maximum Gasteiger partial charge on any atom is 0.224 e. The number of halogens is 1. The highest BCUT2D eigenvalue weighted by Crippen LogP contribution is 2.21. The van der Waals surface area contributed by atoms with Crippen LogP contribution in [0.25, 0.3) is 0 Å². The van der Waals surface area contributed by atoms with Crippen molar-refractivity contribution in [2.24, 2.45) is 0 Å². The van der Waals surface area contributed by atoms with Crippen LogP contribution in [0.15, 0.2) is 24.3 Å². The van der Waals surface area contributed by atoms with E-state index in [0.717, 1.165) is 0 Å². The predicted octanol–water partition coefficient (Wildman–Crippen LogP) is 1.21. The van der Waals surface area contributed by atoms with Crippen molar-refractivity contribution in [3.05, 3.63) is 29.3 Å². The SMILES string of the molecule is CC(=O)NCCC(=O)N1CC[C@@H](Oc2ccc(Cl)cc2)[C@H](O)C1. The van der Waals surface area contributed by atoms with Gasteiger partial charge in [0, 0.05) is 37.9 Å². The Balaban J connectivity index is 1.81. The zero-order chi connectivity index (χ0) is 16.8. The number of carbonyl (C=O) groups excluding carboxylic acids is 2. The minimum Gasteiger partial charge on any atom is -0.488 e. The second-order valence-corrected chi connectivity index (χ2v) is 5.98. The average Bonchev–Trinajstić information content (AvgIpc) is 2.51. The molecule has 2 amide bonds. The Kier molecular flexibility index (Phi) is 6.24. The summed E-state index contributed by atoms with van der Waals surface area (Å²) >= 11 is 5.82. The standard InChI is InChI=1S/C16H21ClN2O4/c1-11(20)18-8-6-16(22)19-9-7-15(14(21)10-19)23-13-4-2-12(17)3-5-13/h2-5,14-15,21H,6-10H2,1H3,(H,18,20)/t14-,15-/m1/s1. The van der Waals surface area contributed by atoms with E-state index in [1.165, 1.54) is 6.92 Å². The van der Waals surface area contributed by atoms with E-state index in [0.29, 0.717) is 30.3 Å². The number of rotatable bonds is 5. The lowest BCUT2D eigenvalue weighted by Gasteiger charge is -2.36. The lowest BCUT2D eigenvalue weighted by molar-refractivity contribution is -0.136. The van der Waals surface area contributed by atoms with Crippen LogP contribution in [-0.4, -0.2) is 53.7 Å². The first kappa shape index (κ1) is 17.6. The zero-order valence-electron chi connectivity index (χ0n) is 13.0. The van der Waals surface area contributed by atoms with E-state index in [2.05, 4.69) is 5.32 Å². The molecule has 2 rings (SSSR count). The molecule has 126 valence electrons. The van der Waals surface area contributed by atoms with Crippen molar-refractivity contribution in [2.45, 2.75) is 32.0 Å².